The number of nitrogens with zero attached hydrogens (tertiary/aromatic N) is 4. The molecular formula is C56H36N4. The first-order valence-electron chi connectivity index (χ1n) is 20.4. The van der Waals surface area contributed by atoms with Gasteiger partial charge < -0.3 is 9.13 Å². The molecule has 4 heteroatoms. The first kappa shape index (κ1) is 34.0. The van der Waals surface area contributed by atoms with Gasteiger partial charge in [-0.05, 0) is 88.6 Å². The van der Waals surface area contributed by atoms with E-state index in [2.05, 4.69) is 215 Å². The molecule has 0 unspecified atom stereocenters. The number of benzene rings is 9. The predicted octanol–water partition coefficient (Wildman–Crippen LogP) is 14.5. The molecule has 0 spiro atoms. The van der Waals surface area contributed by atoms with E-state index < -0.39 is 0 Å². The van der Waals surface area contributed by atoms with Crippen LogP contribution in [0.4, 0.5) is 0 Å². The Hall–Kier alpha value is -8.08. The summed E-state index contributed by atoms with van der Waals surface area (Å²) in [6.07, 6.45) is 0. The Morgan fingerprint density at radius 3 is 1.62 bits per heavy atom. The van der Waals surface area contributed by atoms with Crippen LogP contribution in [0.2, 0.25) is 0 Å². The van der Waals surface area contributed by atoms with Crippen LogP contribution in [0.5, 0.6) is 0 Å². The van der Waals surface area contributed by atoms with E-state index >= 15 is 0 Å². The SMILES string of the molecule is c1ccc(-c2cc(-c3ccccc3)nc(-c3cccc(-n4c5cc6ccccc6cc5c5c(-c6ccc7c(c6)c6ccccc6n7-c6ccccc6)cccc54)c3)n2)cc1. The van der Waals surface area contributed by atoms with Crippen LogP contribution < -0.4 is 0 Å². The fourth-order valence-electron chi connectivity index (χ4n) is 9.14. The van der Waals surface area contributed by atoms with Gasteiger partial charge in [0, 0.05) is 49.6 Å². The van der Waals surface area contributed by atoms with Crippen molar-refractivity contribution >= 4 is 54.4 Å². The van der Waals surface area contributed by atoms with Gasteiger partial charge in [-0.1, -0.05) is 152 Å². The molecule has 280 valence electrons. The van der Waals surface area contributed by atoms with Crippen LogP contribution in [-0.2, 0) is 0 Å². The average molecular weight is 765 g/mol. The second-order valence-electron chi connectivity index (χ2n) is 15.4. The lowest BCUT2D eigenvalue weighted by Crippen LogP contribution is -1.98. The highest BCUT2D eigenvalue weighted by atomic mass is 15.0. The van der Waals surface area contributed by atoms with Crippen molar-refractivity contribution < 1.29 is 0 Å². The van der Waals surface area contributed by atoms with Gasteiger partial charge in [-0.15, -0.1) is 0 Å². The monoisotopic (exact) mass is 764 g/mol. The third-order valence-electron chi connectivity index (χ3n) is 11.9. The molecule has 3 heterocycles. The van der Waals surface area contributed by atoms with E-state index in [1.165, 1.54) is 54.5 Å². The zero-order valence-corrected chi connectivity index (χ0v) is 32.6. The summed E-state index contributed by atoms with van der Waals surface area (Å²) in [6.45, 7) is 0. The number of fused-ring (bicyclic) bond motifs is 7. The van der Waals surface area contributed by atoms with Crippen LogP contribution in [0.3, 0.4) is 0 Å². The van der Waals surface area contributed by atoms with Crippen LogP contribution in [-0.4, -0.2) is 19.1 Å². The predicted molar refractivity (Wildman–Crippen MR) is 250 cm³/mol. The maximum atomic E-state index is 5.19. The molecule has 12 aromatic rings. The third kappa shape index (κ3) is 5.53. The Balaban J connectivity index is 1.08. The Labute approximate surface area is 346 Å². The quantitative estimate of drug-likeness (QED) is 0.169. The van der Waals surface area contributed by atoms with Gasteiger partial charge in [-0.3, -0.25) is 0 Å². The standard InChI is InChI=1S/C56H36N4/c1-4-16-37(17-5-1)49-36-50(38-18-6-2-7-19-38)58-56(57-49)42-22-14-25-44(32-42)60-53-29-15-27-45(55(53)48-33-39-20-10-11-21-40(39)35-54(48)60)41-30-31-52-47(34-41)46-26-12-13-28-51(46)59(52)43-23-8-3-9-24-43/h1-36H. The molecule has 0 bridgehead atoms. The van der Waals surface area contributed by atoms with Gasteiger partial charge in [0.1, 0.15) is 0 Å². The van der Waals surface area contributed by atoms with E-state index in [0.29, 0.717) is 5.82 Å². The number of aromatic nitrogens is 4. The maximum Gasteiger partial charge on any atom is 0.160 e. The summed E-state index contributed by atoms with van der Waals surface area (Å²) in [6, 6.07) is 78.0. The van der Waals surface area contributed by atoms with Gasteiger partial charge in [0.2, 0.25) is 0 Å². The number of para-hydroxylation sites is 2. The van der Waals surface area contributed by atoms with E-state index in [0.717, 1.165) is 50.5 Å². The molecule has 60 heavy (non-hydrogen) atoms. The fraction of sp³-hybridized carbons (Fsp3) is 0. The number of hydrogen-bond donors (Lipinski definition) is 0. The fourth-order valence-corrected chi connectivity index (χ4v) is 9.14. The van der Waals surface area contributed by atoms with Crippen LogP contribution in [0.25, 0.3) is 111 Å². The molecule has 0 N–H and O–H groups in total. The summed E-state index contributed by atoms with van der Waals surface area (Å²) in [5.74, 6) is 0.687. The number of hydrogen-bond acceptors (Lipinski definition) is 2. The van der Waals surface area contributed by atoms with Gasteiger partial charge >= 0.3 is 0 Å². The normalized spacial score (nSPS) is 11.7. The summed E-state index contributed by atoms with van der Waals surface area (Å²) >= 11 is 0. The zero-order chi connectivity index (χ0) is 39.6. The van der Waals surface area contributed by atoms with Crippen LogP contribution in [0, 0.1) is 0 Å². The minimum atomic E-state index is 0.687. The maximum absolute atomic E-state index is 5.19. The molecule has 0 saturated carbocycles. The van der Waals surface area contributed by atoms with Crippen LogP contribution in [0.1, 0.15) is 0 Å². The van der Waals surface area contributed by atoms with Gasteiger partial charge in [-0.2, -0.15) is 0 Å². The summed E-state index contributed by atoms with van der Waals surface area (Å²) in [5, 5.41) is 7.33. The zero-order valence-electron chi connectivity index (χ0n) is 32.6. The Morgan fingerprint density at radius 2 is 0.867 bits per heavy atom. The highest BCUT2D eigenvalue weighted by Gasteiger charge is 2.20. The van der Waals surface area contributed by atoms with Gasteiger partial charge in [0.15, 0.2) is 5.82 Å². The average Bonchev–Trinajstić information content (AvgIpc) is 3.83. The Kier molecular flexibility index (Phi) is 7.82. The lowest BCUT2D eigenvalue weighted by molar-refractivity contribution is 1.16. The van der Waals surface area contributed by atoms with Crippen LogP contribution in [0.15, 0.2) is 218 Å². The molecule has 9 aromatic carbocycles. The molecular weight excluding hydrogens is 729 g/mol. The van der Waals surface area contributed by atoms with Crippen molar-refractivity contribution in [3.05, 3.63) is 218 Å². The highest BCUT2D eigenvalue weighted by molar-refractivity contribution is 6.19. The lowest BCUT2D eigenvalue weighted by atomic mass is 9.97. The molecule has 0 atom stereocenters. The van der Waals surface area contributed by atoms with Crippen molar-refractivity contribution in [1.82, 2.24) is 19.1 Å². The molecule has 0 fully saturated rings. The topological polar surface area (TPSA) is 35.6 Å². The van der Waals surface area contributed by atoms with Gasteiger partial charge in [-0.25, -0.2) is 9.97 Å². The van der Waals surface area contributed by atoms with Gasteiger partial charge in [0.25, 0.3) is 0 Å². The van der Waals surface area contributed by atoms with Gasteiger partial charge in [0.05, 0.1) is 33.5 Å². The first-order valence-corrected chi connectivity index (χ1v) is 20.4. The summed E-state index contributed by atoms with van der Waals surface area (Å²) < 4.78 is 4.80. The third-order valence-corrected chi connectivity index (χ3v) is 11.9. The minimum absolute atomic E-state index is 0.687. The molecule has 4 nitrogen and oxygen atoms in total. The molecule has 0 aliphatic heterocycles. The van der Waals surface area contributed by atoms with Crippen molar-refractivity contribution in [2.75, 3.05) is 0 Å². The highest BCUT2D eigenvalue weighted by Crippen LogP contribution is 2.42. The molecule has 12 rings (SSSR count). The van der Waals surface area contributed by atoms with E-state index in [-0.39, 0.29) is 0 Å². The van der Waals surface area contributed by atoms with E-state index in [1.807, 2.05) is 12.1 Å². The Bertz CT molecular complexity index is 3530. The van der Waals surface area contributed by atoms with E-state index in [4.69, 9.17) is 9.97 Å². The second kappa shape index (κ2) is 13.8. The molecule has 0 saturated heterocycles. The van der Waals surface area contributed by atoms with Crippen molar-refractivity contribution in [1.29, 1.82) is 0 Å². The Morgan fingerprint density at radius 1 is 0.300 bits per heavy atom. The van der Waals surface area contributed by atoms with E-state index in [1.54, 1.807) is 0 Å². The summed E-state index contributed by atoms with van der Waals surface area (Å²) in [7, 11) is 0. The molecule has 0 amide bonds. The smallest absolute Gasteiger partial charge is 0.160 e. The van der Waals surface area contributed by atoms with Crippen molar-refractivity contribution in [3.63, 3.8) is 0 Å². The summed E-state index contributed by atoms with van der Waals surface area (Å²) in [4.78, 5) is 10.4. The molecule has 0 aliphatic carbocycles. The molecule has 0 aliphatic rings. The number of rotatable bonds is 6. The molecule has 0 radical (unpaired) electrons. The van der Waals surface area contributed by atoms with Crippen molar-refractivity contribution in [3.8, 4) is 56.4 Å². The largest absolute Gasteiger partial charge is 0.309 e. The van der Waals surface area contributed by atoms with E-state index in [9.17, 15) is 0 Å². The van der Waals surface area contributed by atoms with Crippen LogP contribution >= 0.6 is 0 Å². The first-order chi connectivity index (χ1) is 29.7. The summed E-state index contributed by atoms with van der Waals surface area (Å²) in [5.41, 5.74) is 14.1. The van der Waals surface area contributed by atoms with Crippen molar-refractivity contribution in [2.24, 2.45) is 0 Å². The minimum Gasteiger partial charge on any atom is -0.309 e. The second-order valence-corrected chi connectivity index (χ2v) is 15.4. The van der Waals surface area contributed by atoms with Crippen molar-refractivity contribution in [2.45, 2.75) is 0 Å². The lowest BCUT2D eigenvalue weighted by Gasteiger charge is -2.12. The molecule has 3 aromatic heterocycles.